The van der Waals surface area contributed by atoms with Crippen LogP contribution in [0.5, 0.6) is 0 Å². The third-order valence-electron chi connectivity index (χ3n) is 3.25. The minimum Gasteiger partial charge on any atom is -0.297 e. The average molecular weight is 238 g/mol. The van der Waals surface area contributed by atoms with Gasteiger partial charge in [0.2, 0.25) is 0 Å². The molecule has 1 unspecified atom stereocenters. The zero-order valence-corrected chi connectivity index (χ0v) is 9.00. The van der Waals surface area contributed by atoms with Crippen molar-refractivity contribution in [2.45, 2.75) is 18.4 Å². The van der Waals surface area contributed by atoms with Crippen LogP contribution in [0.15, 0.2) is 28.7 Å². The largest absolute Gasteiger partial charge is 0.297 e. The predicted molar refractivity (Wildman–Crippen MR) is 56.9 cm³/mol. The summed E-state index contributed by atoms with van der Waals surface area (Å²) in [5.41, 5.74) is 1.52. The monoisotopic (exact) mass is 237 g/mol. The number of hydrogen-bond donors (Lipinski definition) is 0. The van der Waals surface area contributed by atoms with Gasteiger partial charge in [-0.2, -0.15) is 0 Å². The van der Waals surface area contributed by atoms with E-state index in [0.717, 1.165) is 12.0 Å². The molecule has 0 bridgehead atoms. The first-order chi connectivity index (χ1) is 6.34. The van der Waals surface area contributed by atoms with Crippen molar-refractivity contribution in [3.05, 3.63) is 34.3 Å². The zero-order chi connectivity index (χ0) is 8.84. The molecule has 68 valence electrons. The molecule has 0 radical (unpaired) electrons. The summed E-state index contributed by atoms with van der Waals surface area (Å²) >= 11 is 3.47. The lowest BCUT2D eigenvalue weighted by Crippen LogP contribution is -2.02. The molecular weight excluding hydrogens is 226 g/mol. The molecule has 2 fully saturated rings. The second-order valence-electron chi connectivity index (χ2n) is 4.01. The summed E-state index contributed by atoms with van der Waals surface area (Å²) in [6.45, 7) is 2.64. The van der Waals surface area contributed by atoms with E-state index in [1.165, 1.54) is 29.5 Å². The van der Waals surface area contributed by atoms with E-state index in [0.29, 0.717) is 0 Å². The van der Waals surface area contributed by atoms with Gasteiger partial charge < -0.3 is 0 Å². The van der Waals surface area contributed by atoms with Crippen LogP contribution in [-0.2, 0) is 0 Å². The van der Waals surface area contributed by atoms with Gasteiger partial charge in [0.1, 0.15) is 0 Å². The maximum absolute atomic E-state index is 3.47. The van der Waals surface area contributed by atoms with Gasteiger partial charge in [-0.15, -0.1) is 0 Å². The number of hydrogen-bond acceptors (Lipinski definition) is 1. The highest BCUT2D eigenvalue weighted by atomic mass is 79.9. The second-order valence-corrected chi connectivity index (χ2v) is 4.92. The fourth-order valence-corrected chi connectivity index (χ4v) is 2.69. The highest BCUT2D eigenvalue weighted by molar-refractivity contribution is 9.10. The van der Waals surface area contributed by atoms with E-state index in [9.17, 15) is 0 Å². The highest BCUT2D eigenvalue weighted by Crippen LogP contribution is 2.42. The van der Waals surface area contributed by atoms with Gasteiger partial charge in [-0.1, -0.05) is 28.1 Å². The third kappa shape index (κ3) is 1.32. The number of benzene rings is 1. The van der Waals surface area contributed by atoms with Crippen LogP contribution in [0.4, 0.5) is 0 Å². The Hall–Kier alpha value is -0.340. The summed E-state index contributed by atoms with van der Waals surface area (Å²) in [5.74, 6) is 0.813. The van der Waals surface area contributed by atoms with Crippen molar-refractivity contribution in [1.82, 2.24) is 4.90 Å². The van der Waals surface area contributed by atoms with Gasteiger partial charge in [0.25, 0.3) is 0 Å². The lowest BCUT2D eigenvalue weighted by Gasteiger charge is -2.09. The van der Waals surface area contributed by atoms with Crippen molar-refractivity contribution in [2.75, 3.05) is 13.1 Å². The summed E-state index contributed by atoms with van der Waals surface area (Å²) in [4.78, 5) is 2.56. The molecule has 2 heteroatoms. The number of halogens is 1. The van der Waals surface area contributed by atoms with E-state index in [1.807, 2.05) is 0 Å². The van der Waals surface area contributed by atoms with Crippen LogP contribution in [0, 0.1) is 0 Å². The Bertz CT molecular complexity index is 319. The van der Waals surface area contributed by atoms with Crippen molar-refractivity contribution in [3.63, 3.8) is 0 Å². The summed E-state index contributed by atoms with van der Waals surface area (Å²) in [5, 5.41) is 0. The average Bonchev–Trinajstić information content (AvgIpc) is 2.81. The van der Waals surface area contributed by atoms with E-state index in [-0.39, 0.29) is 0 Å². The fourth-order valence-electron chi connectivity index (χ4n) is 2.43. The summed E-state index contributed by atoms with van der Waals surface area (Å²) < 4.78 is 1.18. The number of nitrogens with zero attached hydrogens (tertiary/aromatic N) is 1. The fraction of sp³-hybridized carbons (Fsp3) is 0.455. The summed E-state index contributed by atoms with van der Waals surface area (Å²) in [6, 6.07) is 9.70. The first-order valence-corrected chi connectivity index (χ1v) is 5.63. The molecule has 3 rings (SSSR count). The van der Waals surface area contributed by atoms with E-state index in [1.54, 1.807) is 0 Å². The molecule has 1 nitrogen and oxygen atoms in total. The van der Waals surface area contributed by atoms with Crippen LogP contribution in [0.25, 0.3) is 0 Å². The normalized spacial score (nSPS) is 35.9. The number of fused-ring (bicyclic) bond motifs is 1. The molecule has 2 aliphatic heterocycles. The Kier molecular flexibility index (Phi) is 1.74. The van der Waals surface area contributed by atoms with Crippen LogP contribution in [0.1, 0.15) is 17.9 Å². The topological polar surface area (TPSA) is 3.01 Å². The molecule has 13 heavy (non-hydrogen) atoms. The van der Waals surface area contributed by atoms with Crippen molar-refractivity contribution in [2.24, 2.45) is 0 Å². The molecule has 2 aliphatic rings. The Morgan fingerprint density at radius 3 is 2.54 bits per heavy atom. The van der Waals surface area contributed by atoms with Gasteiger partial charge in [-0.25, -0.2) is 0 Å². The second kappa shape index (κ2) is 2.82. The Morgan fingerprint density at radius 1 is 1.23 bits per heavy atom. The van der Waals surface area contributed by atoms with Gasteiger partial charge >= 0.3 is 0 Å². The molecule has 3 atom stereocenters. The van der Waals surface area contributed by atoms with E-state index < -0.39 is 0 Å². The van der Waals surface area contributed by atoms with E-state index in [2.05, 4.69) is 45.1 Å². The van der Waals surface area contributed by atoms with Gasteiger partial charge in [0.05, 0.1) is 0 Å². The minimum atomic E-state index is 0.813. The van der Waals surface area contributed by atoms with Crippen molar-refractivity contribution < 1.29 is 0 Å². The van der Waals surface area contributed by atoms with Crippen molar-refractivity contribution >= 4 is 15.9 Å². The van der Waals surface area contributed by atoms with Crippen LogP contribution < -0.4 is 0 Å². The Labute approximate surface area is 86.9 Å². The lowest BCUT2D eigenvalue weighted by atomic mass is 9.94. The molecule has 2 heterocycles. The molecule has 0 N–H and O–H groups in total. The molecule has 2 saturated heterocycles. The Morgan fingerprint density at radius 2 is 2.00 bits per heavy atom. The van der Waals surface area contributed by atoms with Gasteiger partial charge in [0.15, 0.2) is 0 Å². The molecule has 0 saturated carbocycles. The van der Waals surface area contributed by atoms with Crippen LogP contribution >= 0.6 is 15.9 Å². The SMILES string of the molecule is Brc1ccc([C@@H]2CCN3C[C@H]23)cc1. The third-order valence-corrected chi connectivity index (χ3v) is 3.78. The summed E-state index contributed by atoms with van der Waals surface area (Å²) in [7, 11) is 0. The number of rotatable bonds is 1. The van der Waals surface area contributed by atoms with E-state index in [4.69, 9.17) is 0 Å². The zero-order valence-electron chi connectivity index (χ0n) is 7.41. The van der Waals surface area contributed by atoms with Gasteiger partial charge in [-0.05, 0) is 30.7 Å². The van der Waals surface area contributed by atoms with Gasteiger partial charge in [0, 0.05) is 23.0 Å². The van der Waals surface area contributed by atoms with Crippen LogP contribution in [0.3, 0.4) is 0 Å². The van der Waals surface area contributed by atoms with Crippen molar-refractivity contribution in [1.29, 1.82) is 0 Å². The number of piperidine rings is 1. The van der Waals surface area contributed by atoms with E-state index >= 15 is 0 Å². The highest BCUT2D eigenvalue weighted by Gasteiger charge is 2.46. The van der Waals surface area contributed by atoms with Crippen molar-refractivity contribution in [3.8, 4) is 0 Å². The standard InChI is InChI=1S/C11H12BrN/c12-9-3-1-8(2-4-9)10-5-6-13-7-11(10)13/h1-4,10-11H,5-7H2/t10-,11+,13?/m0/s1. The minimum absolute atomic E-state index is 0.813. The maximum atomic E-state index is 3.47. The van der Waals surface area contributed by atoms with Crippen LogP contribution in [0.2, 0.25) is 0 Å². The molecular formula is C11H12BrN. The maximum Gasteiger partial charge on any atom is 0.0293 e. The molecule has 1 aromatic rings. The summed E-state index contributed by atoms with van der Waals surface area (Å²) in [6.07, 6.45) is 1.35. The first kappa shape index (κ1) is 8.01. The predicted octanol–water partition coefficient (Wildman–Crippen LogP) is 2.62. The molecule has 1 aromatic carbocycles. The quantitative estimate of drug-likeness (QED) is 0.679. The molecule has 0 aliphatic carbocycles. The van der Waals surface area contributed by atoms with Crippen LogP contribution in [-0.4, -0.2) is 24.0 Å². The molecule has 0 amide bonds. The lowest BCUT2D eigenvalue weighted by molar-refractivity contribution is 0.593. The molecule has 0 aromatic heterocycles. The molecule has 0 spiro atoms. The van der Waals surface area contributed by atoms with Gasteiger partial charge in [-0.3, -0.25) is 4.90 Å². The first-order valence-electron chi connectivity index (χ1n) is 4.84. The smallest absolute Gasteiger partial charge is 0.0293 e. The Balaban J connectivity index is 1.87.